The van der Waals surface area contributed by atoms with E-state index in [1.54, 1.807) is 43.4 Å². The van der Waals surface area contributed by atoms with E-state index in [-0.39, 0.29) is 16.8 Å². The predicted molar refractivity (Wildman–Crippen MR) is 83.1 cm³/mol. The molecule has 0 N–H and O–H groups in total. The van der Waals surface area contributed by atoms with Crippen molar-refractivity contribution in [2.24, 2.45) is 7.05 Å². The lowest BCUT2D eigenvalue weighted by molar-refractivity contribution is -0.0590. The molecule has 0 saturated carbocycles. The van der Waals surface area contributed by atoms with Gasteiger partial charge < -0.3 is 4.84 Å². The van der Waals surface area contributed by atoms with Crippen molar-refractivity contribution in [2.45, 2.75) is 0 Å². The fraction of sp³-hybridized carbons (Fsp3) is 0.0588. The van der Waals surface area contributed by atoms with Crippen LogP contribution in [0.25, 0.3) is 10.9 Å². The number of amides is 2. The maximum Gasteiger partial charge on any atom is 0.382 e. The van der Waals surface area contributed by atoms with E-state index in [4.69, 9.17) is 4.84 Å². The Bertz CT molecular complexity index is 987. The van der Waals surface area contributed by atoms with Crippen molar-refractivity contribution in [3.8, 4) is 0 Å². The molecule has 3 aromatic rings. The van der Waals surface area contributed by atoms with Gasteiger partial charge in [0.05, 0.1) is 16.6 Å². The number of fused-ring (bicyclic) bond motifs is 2. The zero-order chi connectivity index (χ0) is 16.8. The van der Waals surface area contributed by atoms with E-state index in [9.17, 15) is 14.4 Å². The smallest absolute Gasteiger partial charge is 0.322 e. The van der Waals surface area contributed by atoms with Crippen molar-refractivity contribution >= 4 is 28.7 Å². The molecule has 0 bridgehead atoms. The minimum absolute atomic E-state index is 0.169. The summed E-state index contributed by atoms with van der Waals surface area (Å²) in [5.41, 5.74) is 1.21. The number of hydrogen-bond donors (Lipinski definition) is 0. The number of hydrogen-bond acceptors (Lipinski definition) is 5. The molecule has 0 atom stereocenters. The zero-order valence-electron chi connectivity index (χ0n) is 12.6. The molecule has 2 amide bonds. The zero-order valence-corrected chi connectivity index (χ0v) is 12.6. The largest absolute Gasteiger partial charge is 0.382 e. The lowest BCUT2D eigenvalue weighted by Gasteiger charge is -2.12. The summed E-state index contributed by atoms with van der Waals surface area (Å²) in [5, 5.41) is 5.29. The maximum absolute atomic E-state index is 12.5. The lowest BCUT2D eigenvalue weighted by Crippen LogP contribution is -2.33. The van der Waals surface area contributed by atoms with E-state index in [2.05, 4.69) is 5.10 Å². The first-order chi connectivity index (χ1) is 11.6. The number of imide groups is 1. The number of aryl methyl sites for hydroxylation is 1. The number of hydroxylamine groups is 2. The molecule has 7 heteroatoms. The predicted octanol–water partition coefficient (Wildman–Crippen LogP) is 1.94. The van der Waals surface area contributed by atoms with Gasteiger partial charge in [-0.2, -0.15) is 5.10 Å². The van der Waals surface area contributed by atoms with E-state index >= 15 is 0 Å². The third-order valence-electron chi connectivity index (χ3n) is 3.86. The molecule has 2 heterocycles. The summed E-state index contributed by atoms with van der Waals surface area (Å²) in [6, 6.07) is 13.4. The summed E-state index contributed by atoms with van der Waals surface area (Å²) in [7, 11) is 1.60. The van der Waals surface area contributed by atoms with E-state index in [0.29, 0.717) is 16.0 Å². The maximum atomic E-state index is 12.5. The van der Waals surface area contributed by atoms with Crippen LogP contribution in [0.15, 0.2) is 48.5 Å². The van der Waals surface area contributed by atoms with Crippen LogP contribution in [-0.2, 0) is 11.9 Å². The third-order valence-corrected chi connectivity index (χ3v) is 3.86. The van der Waals surface area contributed by atoms with Gasteiger partial charge in [-0.05, 0) is 18.2 Å². The summed E-state index contributed by atoms with van der Waals surface area (Å²) in [6.45, 7) is 0. The van der Waals surface area contributed by atoms with Crippen LogP contribution in [0.1, 0.15) is 31.2 Å². The molecule has 1 aromatic heterocycles. The van der Waals surface area contributed by atoms with Crippen molar-refractivity contribution in [1.29, 1.82) is 0 Å². The molecule has 24 heavy (non-hydrogen) atoms. The molecule has 0 unspecified atom stereocenters. The van der Waals surface area contributed by atoms with Crippen LogP contribution in [0.3, 0.4) is 0 Å². The number of carbonyl (C=O) groups is 3. The van der Waals surface area contributed by atoms with E-state index in [0.717, 1.165) is 0 Å². The van der Waals surface area contributed by atoms with Crippen LogP contribution in [0.4, 0.5) is 0 Å². The Morgan fingerprint density at radius 2 is 1.54 bits per heavy atom. The van der Waals surface area contributed by atoms with E-state index in [1.165, 1.54) is 16.8 Å². The first kappa shape index (κ1) is 14.1. The molecular weight excluding hydrogens is 310 g/mol. The molecule has 0 fully saturated rings. The van der Waals surface area contributed by atoms with Gasteiger partial charge in [-0.3, -0.25) is 14.3 Å². The van der Waals surface area contributed by atoms with Gasteiger partial charge in [-0.15, -0.1) is 0 Å². The number of benzene rings is 2. The minimum atomic E-state index is -0.819. The Labute approximate surface area is 136 Å². The SMILES string of the molecule is Cn1nc2ccccc2c1C(=O)ON1C(=O)c2ccccc2C1=O. The van der Waals surface area contributed by atoms with Gasteiger partial charge in [0.1, 0.15) is 0 Å². The van der Waals surface area contributed by atoms with Crippen molar-refractivity contribution in [3.05, 3.63) is 65.4 Å². The third kappa shape index (κ3) is 1.91. The Kier molecular flexibility index (Phi) is 2.96. The molecule has 1 aliphatic heterocycles. The average Bonchev–Trinajstić information content (AvgIpc) is 3.04. The van der Waals surface area contributed by atoms with Crippen LogP contribution in [-0.4, -0.2) is 32.6 Å². The summed E-state index contributed by atoms with van der Waals surface area (Å²) < 4.78 is 1.37. The van der Waals surface area contributed by atoms with Gasteiger partial charge in [0.25, 0.3) is 11.8 Å². The molecule has 1 aliphatic rings. The van der Waals surface area contributed by atoms with Crippen LogP contribution >= 0.6 is 0 Å². The topological polar surface area (TPSA) is 81.5 Å². The van der Waals surface area contributed by atoms with Crippen molar-refractivity contribution in [3.63, 3.8) is 0 Å². The molecule has 118 valence electrons. The quantitative estimate of drug-likeness (QED) is 0.674. The highest BCUT2D eigenvalue weighted by molar-refractivity contribution is 6.21. The molecular formula is C17H11N3O4. The first-order valence-corrected chi connectivity index (χ1v) is 7.20. The van der Waals surface area contributed by atoms with Crippen molar-refractivity contribution < 1.29 is 19.2 Å². The molecule has 2 aromatic carbocycles. The fourth-order valence-electron chi connectivity index (χ4n) is 2.77. The molecule has 0 radical (unpaired) electrons. The number of rotatable bonds is 2. The number of aromatic nitrogens is 2. The Morgan fingerprint density at radius 3 is 2.21 bits per heavy atom. The van der Waals surface area contributed by atoms with Crippen molar-refractivity contribution in [2.75, 3.05) is 0 Å². The standard InChI is InChI=1S/C17H11N3O4/c1-19-14(12-8-4-5-9-13(12)18-19)17(23)24-20-15(21)10-6-2-3-7-11(10)16(20)22/h2-9H,1H3. The monoisotopic (exact) mass is 321 g/mol. The van der Waals surface area contributed by atoms with Gasteiger partial charge >= 0.3 is 5.97 Å². The highest BCUT2D eigenvalue weighted by Crippen LogP contribution is 2.24. The Morgan fingerprint density at radius 1 is 0.958 bits per heavy atom. The molecule has 0 saturated heterocycles. The summed E-state index contributed by atoms with van der Waals surface area (Å²) in [6.07, 6.45) is 0. The van der Waals surface area contributed by atoms with Crippen molar-refractivity contribution in [1.82, 2.24) is 14.8 Å². The van der Waals surface area contributed by atoms with E-state index in [1.807, 2.05) is 0 Å². The highest BCUT2D eigenvalue weighted by Gasteiger charge is 2.39. The fourth-order valence-corrected chi connectivity index (χ4v) is 2.77. The molecule has 0 spiro atoms. The molecule has 0 aliphatic carbocycles. The Hall–Kier alpha value is -3.48. The van der Waals surface area contributed by atoms with Crippen LogP contribution < -0.4 is 0 Å². The number of carbonyl (C=O) groups excluding carboxylic acids is 3. The normalized spacial score (nSPS) is 13.5. The van der Waals surface area contributed by atoms with E-state index < -0.39 is 17.8 Å². The summed E-state index contributed by atoms with van der Waals surface area (Å²) >= 11 is 0. The van der Waals surface area contributed by atoms with Gasteiger partial charge in [0, 0.05) is 12.4 Å². The molecule has 4 rings (SSSR count). The second-order valence-electron chi connectivity index (χ2n) is 5.32. The van der Waals surface area contributed by atoms with Gasteiger partial charge in [-0.1, -0.05) is 35.4 Å². The summed E-state index contributed by atoms with van der Waals surface area (Å²) in [5.74, 6) is -2.13. The van der Waals surface area contributed by atoms with Crippen LogP contribution in [0.5, 0.6) is 0 Å². The molecule has 7 nitrogen and oxygen atoms in total. The summed E-state index contributed by atoms with van der Waals surface area (Å²) in [4.78, 5) is 42.1. The second-order valence-corrected chi connectivity index (χ2v) is 5.32. The van der Waals surface area contributed by atoms with Gasteiger partial charge in [0.15, 0.2) is 5.69 Å². The van der Waals surface area contributed by atoms with Crippen LogP contribution in [0, 0.1) is 0 Å². The van der Waals surface area contributed by atoms with Crippen LogP contribution in [0.2, 0.25) is 0 Å². The van der Waals surface area contributed by atoms with Gasteiger partial charge in [0.2, 0.25) is 0 Å². The lowest BCUT2D eigenvalue weighted by atomic mass is 10.1. The average molecular weight is 321 g/mol. The minimum Gasteiger partial charge on any atom is -0.322 e. The van der Waals surface area contributed by atoms with Gasteiger partial charge in [-0.25, -0.2) is 4.79 Å². The highest BCUT2D eigenvalue weighted by atomic mass is 16.7. The first-order valence-electron chi connectivity index (χ1n) is 7.20. The second kappa shape index (κ2) is 5.02. The Balaban J connectivity index is 1.69. The number of nitrogens with zero attached hydrogens (tertiary/aromatic N) is 3.